The Morgan fingerprint density at radius 3 is 1.72 bits per heavy atom. The molecule has 0 atom stereocenters. The Balaban J connectivity index is 0.000000180. The average molecular weight is 257 g/mol. The minimum Gasteiger partial charge on any atom is -0.329 e. The molecular formula is C13H31N5. The van der Waals surface area contributed by atoms with Crippen LogP contribution in [0, 0.1) is 0 Å². The first-order chi connectivity index (χ1) is 8.86. The summed E-state index contributed by atoms with van der Waals surface area (Å²) >= 11 is 0. The number of nitrogens with two attached hydrogens (primary N) is 2. The van der Waals surface area contributed by atoms with Crippen molar-refractivity contribution >= 4 is 0 Å². The summed E-state index contributed by atoms with van der Waals surface area (Å²) in [6, 6.07) is 0. The van der Waals surface area contributed by atoms with Crippen LogP contribution in [-0.2, 0) is 0 Å². The normalized spacial score (nSPS) is 22.3. The fourth-order valence-electron chi connectivity index (χ4n) is 2.48. The minimum absolute atomic E-state index is 0.792. The standard InChI is InChI=1S/C7H16N2.C6H15N3/c8-4-7-9-5-2-1-3-6-9;7-1-4-9-5-2-8-3-6-9/h1-8H2;8H,1-7H2. The molecule has 2 heterocycles. The van der Waals surface area contributed by atoms with Gasteiger partial charge >= 0.3 is 0 Å². The summed E-state index contributed by atoms with van der Waals surface area (Å²) < 4.78 is 0. The minimum atomic E-state index is 0.792. The van der Waals surface area contributed by atoms with Crippen LogP contribution in [0.15, 0.2) is 0 Å². The van der Waals surface area contributed by atoms with Crippen LogP contribution >= 0.6 is 0 Å². The maximum atomic E-state index is 5.42. The van der Waals surface area contributed by atoms with Crippen LogP contribution in [0.2, 0.25) is 0 Å². The third kappa shape index (κ3) is 7.28. The summed E-state index contributed by atoms with van der Waals surface area (Å²) in [5.74, 6) is 0. The van der Waals surface area contributed by atoms with Crippen LogP contribution in [0.3, 0.4) is 0 Å². The molecule has 0 saturated carbocycles. The molecule has 2 aliphatic heterocycles. The Hall–Kier alpha value is -0.200. The molecule has 0 aromatic carbocycles. The zero-order chi connectivity index (χ0) is 13.1. The van der Waals surface area contributed by atoms with Gasteiger partial charge in [0.2, 0.25) is 0 Å². The van der Waals surface area contributed by atoms with Gasteiger partial charge < -0.3 is 21.7 Å². The van der Waals surface area contributed by atoms with Gasteiger partial charge in [-0.3, -0.25) is 4.90 Å². The van der Waals surface area contributed by atoms with Crippen LogP contribution in [0.1, 0.15) is 19.3 Å². The first-order valence-corrected chi connectivity index (χ1v) is 7.42. The van der Waals surface area contributed by atoms with Gasteiger partial charge in [-0.05, 0) is 25.9 Å². The van der Waals surface area contributed by atoms with Crippen LogP contribution in [0.25, 0.3) is 0 Å². The second kappa shape index (κ2) is 10.7. The van der Waals surface area contributed by atoms with Gasteiger partial charge in [0, 0.05) is 52.4 Å². The van der Waals surface area contributed by atoms with E-state index in [0.29, 0.717) is 0 Å². The zero-order valence-electron chi connectivity index (χ0n) is 11.7. The third-order valence-corrected chi connectivity index (χ3v) is 3.55. The van der Waals surface area contributed by atoms with Crippen molar-refractivity contribution in [2.75, 3.05) is 65.4 Å². The molecule has 0 bridgehead atoms. The van der Waals surface area contributed by atoms with Gasteiger partial charge in [-0.25, -0.2) is 0 Å². The van der Waals surface area contributed by atoms with E-state index in [2.05, 4.69) is 15.1 Å². The van der Waals surface area contributed by atoms with Gasteiger partial charge in [0.25, 0.3) is 0 Å². The lowest BCUT2D eigenvalue weighted by Crippen LogP contribution is -2.45. The molecule has 5 nitrogen and oxygen atoms in total. The van der Waals surface area contributed by atoms with Gasteiger partial charge in [0.15, 0.2) is 0 Å². The number of piperazine rings is 1. The number of rotatable bonds is 4. The van der Waals surface area contributed by atoms with Gasteiger partial charge in [0.1, 0.15) is 0 Å². The molecule has 2 rings (SSSR count). The topological polar surface area (TPSA) is 70.5 Å². The molecule has 0 amide bonds. The fraction of sp³-hybridized carbons (Fsp3) is 1.00. The summed E-state index contributed by atoms with van der Waals surface area (Å²) in [5.41, 5.74) is 10.8. The van der Waals surface area contributed by atoms with E-state index < -0.39 is 0 Å². The first-order valence-electron chi connectivity index (χ1n) is 7.42. The number of hydrogen-bond donors (Lipinski definition) is 3. The second-order valence-corrected chi connectivity index (χ2v) is 5.07. The van der Waals surface area contributed by atoms with Crippen LogP contribution < -0.4 is 16.8 Å². The highest BCUT2D eigenvalue weighted by molar-refractivity contribution is 4.67. The van der Waals surface area contributed by atoms with Gasteiger partial charge in [-0.15, -0.1) is 0 Å². The lowest BCUT2D eigenvalue weighted by Gasteiger charge is -2.26. The van der Waals surface area contributed by atoms with E-state index in [4.69, 9.17) is 11.5 Å². The lowest BCUT2D eigenvalue weighted by molar-refractivity contribution is 0.235. The molecule has 5 heteroatoms. The van der Waals surface area contributed by atoms with E-state index in [0.717, 1.165) is 52.4 Å². The molecule has 0 aromatic rings. The Labute approximate surface area is 112 Å². The number of nitrogens with one attached hydrogen (secondary N) is 1. The molecule has 0 spiro atoms. The van der Waals surface area contributed by atoms with E-state index in [1.165, 1.54) is 32.4 Å². The van der Waals surface area contributed by atoms with E-state index >= 15 is 0 Å². The highest BCUT2D eigenvalue weighted by Gasteiger charge is 2.07. The molecule has 0 radical (unpaired) electrons. The Kier molecular flexibility index (Phi) is 9.42. The molecule has 0 aliphatic carbocycles. The number of likely N-dealkylation sites (tertiary alicyclic amines) is 1. The van der Waals surface area contributed by atoms with E-state index in [9.17, 15) is 0 Å². The molecule has 5 N–H and O–H groups in total. The highest BCUT2D eigenvalue weighted by atomic mass is 15.2. The van der Waals surface area contributed by atoms with Gasteiger partial charge in [0.05, 0.1) is 0 Å². The molecule has 2 fully saturated rings. The quantitative estimate of drug-likeness (QED) is 0.620. The molecule has 108 valence electrons. The van der Waals surface area contributed by atoms with Crippen molar-refractivity contribution in [1.29, 1.82) is 0 Å². The fourth-order valence-corrected chi connectivity index (χ4v) is 2.48. The van der Waals surface area contributed by atoms with Crippen molar-refractivity contribution in [3.8, 4) is 0 Å². The Morgan fingerprint density at radius 1 is 0.722 bits per heavy atom. The summed E-state index contributed by atoms with van der Waals surface area (Å²) in [6.45, 7) is 10.9. The van der Waals surface area contributed by atoms with Crippen LogP contribution in [0.5, 0.6) is 0 Å². The van der Waals surface area contributed by atoms with E-state index in [1.807, 2.05) is 0 Å². The molecule has 2 aliphatic rings. The number of hydrogen-bond acceptors (Lipinski definition) is 5. The van der Waals surface area contributed by atoms with Crippen molar-refractivity contribution in [3.05, 3.63) is 0 Å². The highest BCUT2D eigenvalue weighted by Crippen LogP contribution is 2.06. The van der Waals surface area contributed by atoms with Crippen molar-refractivity contribution in [3.63, 3.8) is 0 Å². The van der Waals surface area contributed by atoms with Crippen molar-refractivity contribution in [1.82, 2.24) is 15.1 Å². The SMILES string of the molecule is NCCN1CCCCC1.NCCN1CCNCC1. The molecule has 18 heavy (non-hydrogen) atoms. The summed E-state index contributed by atoms with van der Waals surface area (Å²) in [6.07, 6.45) is 4.17. The molecule has 2 saturated heterocycles. The maximum absolute atomic E-state index is 5.42. The summed E-state index contributed by atoms with van der Waals surface area (Å²) in [4.78, 5) is 4.83. The van der Waals surface area contributed by atoms with E-state index in [1.54, 1.807) is 0 Å². The average Bonchev–Trinajstić information content (AvgIpc) is 2.43. The van der Waals surface area contributed by atoms with Crippen LogP contribution in [-0.4, -0.2) is 75.2 Å². The predicted octanol–water partition coefficient (Wildman–Crippen LogP) is -0.719. The largest absolute Gasteiger partial charge is 0.329 e. The van der Waals surface area contributed by atoms with E-state index in [-0.39, 0.29) is 0 Å². The summed E-state index contributed by atoms with van der Waals surface area (Å²) in [5, 5.41) is 3.29. The van der Waals surface area contributed by atoms with Gasteiger partial charge in [-0.1, -0.05) is 6.42 Å². The van der Waals surface area contributed by atoms with Crippen LogP contribution in [0.4, 0.5) is 0 Å². The maximum Gasteiger partial charge on any atom is 0.0108 e. The monoisotopic (exact) mass is 257 g/mol. The smallest absolute Gasteiger partial charge is 0.0108 e. The van der Waals surface area contributed by atoms with Crippen molar-refractivity contribution in [2.45, 2.75) is 19.3 Å². The lowest BCUT2D eigenvalue weighted by atomic mass is 10.1. The molecular weight excluding hydrogens is 226 g/mol. The Morgan fingerprint density at radius 2 is 1.22 bits per heavy atom. The molecule has 0 unspecified atom stereocenters. The Bertz CT molecular complexity index is 151. The number of nitrogens with zero attached hydrogens (tertiary/aromatic N) is 2. The predicted molar refractivity (Wildman–Crippen MR) is 77.7 cm³/mol. The first kappa shape index (κ1) is 15.9. The number of piperidine rings is 1. The van der Waals surface area contributed by atoms with Crippen molar-refractivity contribution in [2.24, 2.45) is 11.5 Å². The van der Waals surface area contributed by atoms with Gasteiger partial charge in [-0.2, -0.15) is 0 Å². The zero-order valence-corrected chi connectivity index (χ0v) is 11.7. The molecule has 0 aromatic heterocycles. The van der Waals surface area contributed by atoms with Crippen molar-refractivity contribution < 1.29 is 0 Å². The summed E-state index contributed by atoms with van der Waals surface area (Å²) in [7, 11) is 0. The third-order valence-electron chi connectivity index (χ3n) is 3.55. The second-order valence-electron chi connectivity index (χ2n) is 5.07.